The fourth-order valence-electron chi connectivity index (χ4n) is 3.78. The normalized spacial score (nSPS) is 21.6. The molecule has 2 aromatic rings. The Morgan fingerprint density at radius 3 is 2.38 bits per heavy atom. The highest BCUT2D eigenvalue weighted by Crippen LogP contribution is 2.17. The van der Waals surface area contributed by atoms with Gasteiger partial charge in [-0.15, -0.1) is 0 Å². The Morgan fingerprint density at radius 2 is 1.77 bits per heavy atom. The van der Waals surface area contributed by atoms with E-state index < -0.39 is 0 Å². The van der Waals surface area contributed by atoms with Gasteiger partial charge in [-0.25, -0.2) is 9.78 Å². The highest BCUT2D eigenvalue weighted by Gasteiger charge is 2.25. The van der Waals surface area contributed by atoms with Crippen molar-refractivity contribution in [1.82, 2.24) is 23.6 Å². The highest BCUT2D eigenvalue weighted by molar-refractivity contribution is 5.71. The monoisotopic (exact) mass is 363 g/mol. The number of nitrogens with zero attached hydrogens (tertiary/aromatic N) is 5. The van der Waals surface area contributed by atoms with Crippen LogP contribution in [0.3, 0.4) is 0 Å². The lowest BCUT2D eigenvalue weighted by Gasteiger charge is -2.35. The number of rotatable bonds is 5. The lowest BCUT2D eigenvalue weighted by atomic mass is 10.2. The molecule has 0 spiro atoms. The summed E-state index contributed by atoms with van der Waals surface area (Å²) in [6.07, 6.45) is 2.32. The fourth-order valence-corrected chi connectivity index (χ4v) is 3.78. The minimum atomic E-state index is -0.345. The first-order chi connectivity index (χ1) is 12.3. The molecule has 0 saturated carbocycles. The third-order valence-electron chi connectivity index (χ3n) is 5.02. The summed E-state index contributed by atoms with van der Waals surface area (Å²) in [7, 11) is 3.19. The van der Waals surface area contributed by atoms with Crippen molar-refractivity contribution in [3.8, 4) is 0 Å². The Balaban J connectivity index is 2.09. The molecule has 0 bridgehead atoms. The van der Waals surface area contributed by atoms with Gasteiger partial charge >= 0.3 is 5.69 Å². The van der Waals surface area contributed by atoms with Crippen LogP contribution in [0.2, 0.25) is 0 Å². The molecule has 1 saturated heterocycles. The maximum absolute atomic E-state index is 12.8. The molecule has 3 rings (SSSR count). The summed E-state index contributed by atoms with van der Waals surface area (Å²) < 4.78 is 10.4. The smallest absolute Gasteiger partial charge is 0.332 e. The van der Waals surface area contributed by atoms with Crippen LogP contribution >= 0.6 is 0 Å². The number of imidazole rings is 1. The van der Waals surface area contributed by atoms with E-state index in [9.17, 15) is 9.59 Å². The van der Waals surface area contributed by atoms with Crippen molar-refractivity contribution in [2.24, 2.45) is 14.1 Å². The molecule has 0 unspecified atom stereocenters. The van der Waals surface area contributed by atoms with Gasteiger partial charge < -0.3 is 9.30 Å². The molecule has 2 aromatic heterocycles. The van der Waals surface area contributed by atoms with E-state index in [-0.39, 0.29) is 23.5 Å². The van der Waals surface area contributed by atoms with Crippen LogP contribution in [0.15, 0.2) is 9.59 Å². The first-order valence-electron chi connectivity index (χ1n) is 9.36. The van der Waals surface area contributed by atoms with Gasteiger partial charge in [0.05, 0.1) is 18.8 Å². The van der Waals surface area contributed by atoms with Crippen molar-refractivity contribution in [2.45, 2.75) is 58.9 Å². The maximum Gasteiger partial charge on any atom is 0.332 e. The van der Waals surface area contributed by atoms with Crippen LogP contribution in [-0.2, 0) is 31.9 Å². The van der Waals surface area contributed by atoms with Gasteiger partial charge in [0.25, 0.3) is 5.56 Å². The summed E-state index contributed by atoms with van der Waals surface area (Å²) in [6, 6.07) is 0. The maximum atomic E-state index is 12.8. The molecule has 1 aliphatic heterocycles. The second-order valence-corrected chi connectivity index (χ2v) is 7.36. The van der Waals surface area contributed by atoms with Crippen LogP contribution in [0.4, 0.5) is 0 Å². The molecule has 0 aliphatic carbocycles. The van der Waals surface area contributed by atoms with Gasteiger partial charge in [0.15, 0.2) is 11.2 Å². The Hall–Kier alpha value is -1.93. The first kappa shape index (κ1) is 18.8. The predicted octanol–water partition coefficient (Wildman–Crippen LogP) is 0.843. The van der Waals surface area contributed by atoms with E-state index >= 15 is 0 Å². The van der Waals surface area contributed by atoms with Crippen LogP contribution in [0.5, 0.6) is 0 Å². The molecule has 26 heavy (non-hydrogen) atoms. The van der Waals surface area contributed by atoms with Crippen LogP contribution in [-0.4, -0.2) is 48.9 Å². The summed E-state index contributed by atoms with van der Waals surface area (Å²) in [6.45, 7) is 9.30. The van der Waals surface area contributed by atoms with E-state index in [0.29, 0.717) is 17.7 Å². The second kappa shape index (κ2) is 7.36. The molecule has 0 aromatic carbocycles. The summed E-state index contributed by atoms with van der Waals surface area (Å²) in [5.41, 5.74) is 0.371. The molecular weight excluding hydrogens is 334 g/mol. The van der Waals surface area contributed by atoms with E-state index in [1.54, 1.807) is 7.05 Å². The topological polar surface area (TPSA) is 74.3 Å². The number of hydrogen-bond donors (Lipinski definition) is 0. The quantitative estimate of drug-likeness (QED) is 0.787. The number of aromatic nitrogens is 4. The molecule has 0 radical (unpaired) electrons. The SMILES string of the molecule is CCCCn1c(CN2C[C@@H](C)O[C@@H](C)C2)nc2c1c(=O)n(C)c(=O)n2C. The predicted molar refractivity (Wildman–Crippen MR) is 100 cm³/mol. The Kier molecular flexibility index (Phi) is 5.34. The van der Waals surface area contributed by atoms with Gasteiger partial charge in [-0.1, -0.05) is 13.3 Å². The molecule has 2 atom stereocenters. The van der Waals surface area contributed by atoms with Gasteiger partial charge in [-0.3, -0.25) is 18.8 Å². The largest absolute Gasteiger partial charge is 0.373 e. The Labute approximate surface area is 153 Å². The molecule has 3 heterocycles. The minimum Gasteiger partial charge on any atom is -0.373 e. The van der Waals surface area contributed by atoms with Gasteiger partial charge in [0, 0.05) is 33.7 Å². The number of ether oxygens (including phenoxy) is 1. The van der Waals surface area contributed by atoms with Crippen LogP contribution < -0.4 is 11.2 Å². The van der Waals surface area contributed by atoms with Gasteiger partial charge in [-0.2, -0.15) is 0 Å². The summed E-state index contributed by atoms with van der Waals surface area (Å²) >= 11 is 0. The summed E-state index contributed by atoms with van der Waals surface area (Å²) in [4.78, 5) is 32.0. The third-order valence-corrected chi connectivity index (χ3v) is 5.02. The van der Waals surface area contributed by atoms with Crippen molar-refractivity contribution in [3.63, 3.8) is 0 Å². The molecule has 0 amide bonds. The third kappa shape index (κ3) is 3.35. The summed E-state index contributed by atoms with van der Waals surface area (Å²) in [5.74, 6) is 0.841. The highest BCUT2D eigenvalue weighted by atomic mass is 16.5. The Morgan fingerprint density at radius 1 is 1.12 bits per heavy atom. The van der Waals surface area contributed by atoms with Gasteiger partial charge in [-0.05, 0) is 20.3 Å². The number of morpholine rings is 1. The van der Waals surface area contributed by atoms with Crippen LogP contribution in [0.25, 0.3) is 11.2 Å². The molecule has 8 heteroatoms. The zero-order valence-electron chi connectivity index (χ0n) is 16.4. The molecular formula is C18H29N5O3. The number of fused-ring (bicyclic) bond motifs is 1. The standard InChI is InChI=1S/C18H29N5O3/c1-6-7-8-23-14(11-22-9-12(2)26-13(3)10-22)19-16-15(23)17(24)21(5)18(25)20(16)4/h12-13H,6-11H2,1-5H3/t12-,13+. The van der Waals surface area contributed by atoms with Crippen LogP contribution in [0, 0.1) is 0 Å². The minimum absolute atomic E-state index is 0.171. The van der Waals surface area contributed by atoms with E-state index in [1.807, 2.05) is 4.57 Å². The lowest BCUT2D eigenvalue weighted by molar-refractivity contribution is -0.0712. The van der Waals surface area contributed by atoms with E-state index in [0.717, 1.165) is 42.9 Å². The van der Waals surface area contributed by atoms with Crippen molar-refractivity contribution >= 4 is 11.2 Å². The molecule has 8 nitrogen and oxygen atoms in total. The number of hydrogen-bond acceptors (Lipinski definition) is 5. The zero-order chi connectivity index (χ0) is 19.0. The average Bonchev–Trinajstić information content (AvgIpc) is 2.93. The second-order valence-electron chi connectivity index (χ2n) is 7.36. The van der Waals surface area contributed by atoms with Gasteiger partial charge in [0.2, 0.25) is 0 Å². The number of aryl methyl sites for hydroxylation is 2. The average molecular weight is 363 g/mol. The van der Waals surface area contributed by atoms with E-state index in [4.69, 9.17) is 9.72 Å². The van der Waals surface area contributed by atoms with Crippen molar-refractivity contribution < 1.29 is 4.74 Å². The molecule has 1 aliphatic rings. The molecule has 1 fully saturated rings. The van der Waals surface area contributed by atoms with E-state index in [2.05, 4.69) is 25.7 Å². The zero-order valence-corrected chi connectivity index (χ0v) is 16.4. The Bertz CT molecular complexity index is 900. The van der Waals surface area contributed by atoms with Gasteiger partial charge in [0.1, 0.15) is 5.82 Å². The molecule has 144 valence electrons. The van der Waals surface area contributed by atoms with E-state index in [1.165, 1.54) is 11.6 Å². The van der Waals surface area contributed by atoms with Crippen molar-refractivity contribution in [3.05, 3.63) is 26.7 Å². The number of unbranched alkanes of at least 4 members (excludes halogenated alkanes) is 1. The van der Waals surface area contributed by atoms with Crippen molar-refractivity contribution in [1.29, 1.82) is 0 Å². The first-order valence-corrected chi connectivity index (χ1v) is 9.36. The lowest BCUT2D eigenvalue weighted by Crippen LogP contribution is -2.45. The molecule has 0 N–H and O–H groups in total. The summed E-state index contributed by atoms with van der Waals surface area (Å²) in [5, 5.41) is 0. The fraction of sp³-hybridized carbons (Fsp3) is 0.722. The van der Waals surface area contributed by atoms with Crippen molar-refractivity contribution in [2.75, 3.05) is 13.1 Å². The van der Waals surface area contributed by atoms with Crippen LogP contribution in [0.1, 0.15) is 39.4 Å².